The number of sulfone groups is 1. The molecule has 0 atom stereocenters. The molecule has 0 saturated heterocycles. The summed E-state index contributed by atoms with van der Waals surface area (Å²) in [7, 11) is -1.48. The van der Waals surface area contributed by atoms with E-state index in [2.05, 4.69) is 0 Å². The second-order valence-electron chi connectivity index (χ2n) is 4.57. The fourth-order valence-electron chi connectivity index (χ4n) is 1.68. The first-order valence-corrected chi connectivity index (χ1v) is 7.86. The van der Waals surface area contributed by atoms with Crippen LogP contribution in [0, 0.1) is 10.1 Å². The Kier molecular flexibility index (Phi) is 4.83. The number of rotatable bonds is 6. The highest BCUT2D eigenvalue weighted by atomic mass is 32.2. The van der Waals surface area contributed by atoms with E-state index < -0.39 is 14.8 Å². The third kappa shape index (κ3) is 4.30. The fourth-order valence-corrected chi connectivity index (χ4v) is 2.28. The number of nitro groups is 1. The quantitative estimate of drug-likeness (QED) is 0.446. The summed E-state index contributed by atoms with van der Waals surface area (Å²) in [5.41, 5.74) is 0.511. The van der Waals surface area contributed by atoms with Gasteiger partial charge in [0, 0.05) is 43.2 Å². The van der Waals surface area contributed by atoms with E-state index in [1.165, 1.54) is 25.1 Å². The largest absolute Gasteiger partial charge is 0.373 e. The maximum atomic E-state index is 11.6. The minimum absolute atomic E-state index is 0.0577. The lowest BCUT2D eigenvalue weighted by molar-refractivity contribution is -0.384. The molecular formula is C12H16N2O5S. The van der Waals surface area contributed by atoms with Crippen LogP contribution in [0.4, 0.5) is 11.4 Å². The van der Waals surface area contributed by atoms with E-state index >= 15 is 0 Å². The lowest BCUT2D eigenvalue weighted by Crippen LogP contribution is -2.26. The van der Waals surface area contributed by atoms with Crippen LogP contribution in [0.2, 0.25) is 0 Å². The Hall–Kier alpha value is -1.96. The van der Waals surface area contributed by atoms with Crippen molar-refractivity contribution in [3.63, 3.8) is 0 Å². The summed E-state index contributed by atoms with van der Waals surface area (Å²) in [6.45, 7) is 1.52. The molecule has 0 spiro atoms. The first-order chi connectivity index (χ1) is 9.11. The molecule has 0 aliphatic carbocycles. The van der Waals surface area contributed by atoms with Gasteiger partial charge in [0.15, 0.2) is 5.78 Å². The van der Waals surface area contributed by atoms with Gasteiger partial charge in [-0.3, -0.25) is 14.9 Å². The van der Waals surface area contributed by atoms with Crippen LogP contribution in [0.25, 0.3) is 0 Å². The lowest BCUT2D eigenvalue weighted by Gasteiger charge is -2.21. The molecule has 7 nitrogen and oxygen atoms in total. The number of ketones is 1. The van der Waals surface area contributed by atoms with Gasteiger partial charge in [0.1, 0.15) is 9.84 Å². The van der Waals surface area contributed by atoms with Crippen LogP contribution in [0.5, 0.6) is 0 Å². The van der Waals surface area contributed by atoms with Gasteiger partial charge < -0.3 is 4.90 Å². The van der Waals surface area contributed by atoms with E-state index in [1.54, 1.807) is 11.9 Å². The second kappa shape index (κ2) is 6.00. The third-order valence-electron chi connectivity index (χ3n) is 2.78. The molecule has 0 saturated carbocycles. The normalized spacial score (nSPS) is 11.2. The molecule has 0 bridgehead atoms. The number of carbonyl (C=O) groups excluding carboxylic acids is 1. The third-order valence-corrected chi connectivity index (χ3v) is 3.70. The van der Waals surface area contributed by atoms with Crippen molar-refractivity contribution in [1.82, 2.24) is 0 Å². The van der Waals surface area contributed by atoms with Gasteiger partial charge in [0.2, 0.25) is 0 Å². The smallest absolute Gasteiger partial charge is 0.270 e. The van der Waals surface area contributed by atoms with Gasteiger partial charge in [-0.1, -0.05) is 0 Å². The van der Waals surface area contributed by atoms with Crippen molar-refractivity contribution in [3.05, 3.63) is 33.9 Å². The summed E-state index contributed by atoms with van der Waals surface area (Å²) in [5.74, 6) is -0.368. The van der Waals surface area contributed by atoms with Crippen molar-refractivity contribution in [2.24, 2.45) is 0 Å². The average Bonchev–Trinajstić information content (AvgIpc) is 2.34. The van der Waals surface area contributed by atoms with Crippen molar-refractivity contribution in [2.75, 3.05) is 30.5 Å². The standard InChI is InChI=1S/C12H16N2O5S/c1-9(15)11-8-10(14(16)17)4-5-12(11)13(2)6-7-20(3,18)19/h4-5,8H,6-7H2,1-3H3. The minimum Gasteiger partial charge on any atom is -0.373 e. The topological polar surface area (TPSA) is 97.6 Å². The molecular weight excluding hydrogens is 284 g/mol. The highest BCUT2D eigenvalue weighted by Gasteiger charge is 2.17. The van der Waals surface area contributed by atoms with Crippen molar-refractivity contribution in [3.8, 4) is 0 Å². The summed E-state index contributed by atoms with van der Waals surface area (Å²) < 4.78 is 22.3. The van der Waals surface area contributed by atoms with Gasteiger partial charge in [0.05, 0.1) is 10.7 Å². The molecule has 8 heteroatoms. The lowest BCUT2D eigenvalue weighted by atomic mass is 10.1. The molecule has 110 valence electrons. The van der Waals surface area contributed by atoms with Crippen LogP contribution in [0.3, 0.4) is 0 Å². The molecule has 0 unspecified atom stereocenters. The predicted octanol–water partition coefficient (Wildman–Crippen LogP) is 1.28. The highest BCUT2D eigenvalue weighted by molar-refractivity contribution is 7.90. The van der Waals surface area contributed by atoms with Gasteiger partial charge in [0.25, 0.3) is 5.69 Å². The molecule has 1 rings (SSSR count). The van der Waals surface area contributed by atoms with E-state index in [9.17, 15) is 23.3 Å². The Morgan fingerprint density at radius 2 is 2.00 bits per heavy atom. The van der Waals surface area contributed by atoms with Crippen molar-refractivity contribution in [1.29, 1.82) is 0 Å². The monoisotopic (exact) mass is 300 g/mol. The molecule has 0 fully saturated rings. The van der Waals surface area contributed by atoms with Crippen LogP contribution in [-0.2, 0) is 9.84 Å². The van der Waals surface area contributed by atoms with E-state index in [4.69, 9.17) is 0 Å². The fraction of sp³-hybridized carbons (Fsp3) is 0.417. The van der Waals surface area contributed by atoms with E-state index in [-0.39, 0.29) is 29.3 Å². The number of non-ortho nitro benzene ring substituents is 1. The average molecular weight is 300 g/mol. The maximum absolute atomic E-state index is 11.6. The second-order valence-corrected chi connectivity index (χ2v) is 6.83. The van der Waals surface area contributed by atoms with Gasteiger partial charge in [-0.05, 0) is 13.0 Å². The molecule has 0 radical (unpaired) electrons. The van der Waals surface area contributed by atoms with Gasteiger partial charge >= 0.3 is 0 Å². The molecule has 0 amide bonds. The van der Waals surface area contributed by atoms with E-state index in [0.29, 0.717) is 5.69 Å². The van der Waals surface area contributed by atoms with Crippen LogP contribution < -0.4 is 4.90 Å². The summed E-state index contributed by atoms with van der Waals surface area (Å²) in [5, 5.41) is 10.7. The van der Waals surface area contributed by atoms with Crippen LogP contribution in [0.15, 0.2) is 18.2 Å². The number of Topliss-reactive ketones (excluding diaryl/α,β-unsaturated/α-hetero) is 1. The maximum Gasteiger partial charge on any atom is 0.270 e. The number of nitrogens with zero attached hydrogens (tertiary/aromatic N) is 2. The number of hydrogen-bond acceptors (Lipinski definition) is 6. The van der Waals surface area contributed by atoms with Gasteiger partial charge in [-0.2, -0.15) is 0 Å². The number of anilines is 1. The molecule has 0 aromatic heterocycles. The SMILES string of the molecule is CC(=O)c1cc([N+](=O)[O-])ccc1N(C)CCS(C)(=O)=O. The Morgan fingerprint density at radius 3 is 2.45 bits per heavy atom. The van der Waals surface area contributed by atoms with Gasteiger partial charge in [-0.15, -0.1) is 0 Å². The number of nitro benzene ring substituents is 1. The summed E-state index contributed by atoms with van der Waals surface area (Å²) in [6, 6.07) is 3.95. The molecule has 0 aliphatic rings. The number of hydrogen-bond donors (Lipinski definition) is 0. The molecule has 0 N–H and O–H groups in total. The molecule has 20 heavy (non-hydrogen) atoms. The molecule has 0 heterocycles. The molecule has 0 aliphatic heterocycles. The zero-order valence-electron chi connectivity index (χ0n) is 11.5. The Labute approximate surface area is 117 Å². The summed E-state index contributed by atoms with van der Waals surface area (Å²) >= 11 is 0. The predicted molar refractivity (Wildman–Crippen MR) is 76.1 cm³/mol. The molecule has 1 aromatic carbocycles. The van der Waals surface area contributed by atoms with E-state index in [1.807, 2.05) is 0 Å². The van der Waals surface area contributed by atoms with Crippen molar-refractivity contribution in [2.45, 2.75) is 6.92 Å². The summed E-state index contributed by atoms with van der Waals surface area (Å²) in [4.78, 5) is 23.3. The number of carbonyl (C=O) groups is 1. The number of benzene rings is 1. The van der Waals surface area contributed by atoms with Gasteiger partial charge in [-0.25, -0.2) is 8.42 Å². The summed E-state index contributed by atoms with van der Waals surface area (Å²) in [6.07, 6.45) is 1.13. The first-order valence-electron chi connectivity index (χ1n) is 5.80. The molecule has 1 aromatic rings. The highest BCUT2D eigenvalue weighted by Crippen LogP contribution is 2.25. The van der Waals surface area contributed by atoms with Crippen LogP contribution in [-0.4, -0.2) is 44.7 Å². The Morgan fingerprint density at radius 1 is 1.40 bits per heavy atom. The Balaban J connectivity index is 3.10. The van der Waals surface area contributed by atoms with Crippen LogP contribution in [0.1, 0.15) is 17.3 Å². The zero-order valence-corrected chi connectivity index (χ0v) is 12.3. The first kappa shape index (κ1) is 16.1. The van der Waals surface area contributed by atoms with Crippen LogP contribution >= 0.6 is 0 Å². The minimum atomic E-state index is -3.12. The van der Waals surface area contributed by atoms with E-state index in [0.717, 1.165) is 6.26 Å². The van der Waals surface area contributed by atoms with Crippen molar-refractivity contribution < 1.29 is 18.1 Å². The zero-order chi connectivity index (χ0) is 15.5. The van der Waals surface area contributed by atoms with Crippen molar-refractivity contribution >= 4 is 27.0 Å². The Bertz CT molecular complexity index is 639.